The fourth-order valence-corrected chi connectivity index (χ4v) is 10.1. The first kappa shape index (κ1) is 27.5. The molecule has 0 spiro atoms. The third kappa shape index (κ3) is 5.39. The Labute approximate surface area is 230 Å². The van der Waals surface area contributed by atoms with Gasteiger partial charge in [0.25, 0.3) is 8.32 Å². The molecule has 0 saturated carbocycles. The van der Waals surface area contributed by atoms with Crippen LogP contribution in [0.4, 0.5) is 0 Å². The number of hydrogen-bond acceptors (Lipinski definition) is 6. The van der Waals surface area contributed by atoms with E-state index < -0.39 is 39.0 Å². The quantitative estimate of drug-likeness (QED) is 0.308. The second-order valence-corrected chi connectivity index (χ2v) is 15.4. The molecule has 0 bridgehead atoms. The van der Waals surface area contributed by atoms with E-state index in [4.69, 9.17) is 13.9 Å². The SMILES string of the molecule is CC(C)(C)[Si](OCC1OC(Oc2ccc3ccccc3c2)C(O)C(O)C1O)(c1ccccc1)c1ccccc1. The van der Waals surface area contributed by atoms with Crippen molar-refractivity contribution in [1.29, 1.82) is 0 Å². The molecule has 204 valence electrons. The Kier molecular flexibility index (Phi) is 7.91. The summed E-state index contributed by atoms with van der Waals surface area (Å²) in [6.07, 6.45) is -6.35. The lowest BCUT2D eigenvalue weighted by atomic mass is 9.99. The zero-order chi connectivity index (χ0) is 27.6. The van der Waals surface area contributed by atoms with E-state index in [2.05, 4.69) is 45.0 Å². The maximum atomic E-state index is 10.9. The van der Waals surface area contributed by atoms with Crippen LogP contribution in [0.1, 0.15) is 20.8 Å². The predicted octanol–water partition coefficient (Wildman–Crippen LogP) is 3.60. The molecule has 5 rings (SSSR count). The van der Waals surface area contributed by atoms with Gasteiger partial charge < -0.3 is 29.2 Å². The van der Waals surface area contributed by atoms with Gasteiger partial charge in [-0.2, -0.15) is 0 Å². The van der Waals surface area contributed by atoms with Gasteiger partial charge in [0.2, 0.25) is 6.29 Å². The lowest BCUT2D eigenvalue weighted by Crippen LogP contribution is -2.68. The molecule has 5 unspecified atom stereocenters. The number of ether oxygens (including phenoxy) is 2. The summed E-state index contributed by atoms with van der Waals surface area (Å²) in [5.74, 6) is 0.494. The highest BCUT2D eigenvalue weighted by Gasteiger charge is 2.52. The van der Waals surface area contributed by atoms with Crippen molar-refractivity contribution in [1.82, 2.24) is 0 Å². The molecule has 0 amide bonds. The van der Waals surface area contributed by atoms with Crippen LogP contribution >= 0.6 is 0 Å². The van der Waals surface area contributed by atoms with Crippen LogP contribution in [0.25, 0.3) is 10.8 Å². The van der Waals surface area contributed by atoms with E-state index in [9.17, 15) is 15.3 Å². The van der Waals surface area contributed by atoms with E-state index >= 15 is 0 Å². The van der Waals surface area contributed by atoms with E-state index in [-0.39, 0.29) is 11.6 Å². The van der Waals surface area contributed by atoms with Crippen molar-refractivity contribution in [2.45, 2.75) is 56.5 Å². The number of fused-ring (bicyclic) bond motifs is 1. The summed E-state index contributed by atoms with van der Waals surface area (Å²) in [6, 6.07) is 33.8. The maximum Gasteiger partial charge on any atom is 0.261 e. The van der Waals surface area contributed by atoms with Crippen molar-refractivity contribution in [2.24, 2.45) is 0 Å². The van der Waals surface area contributed by atoms with E-state index in [0.29, 0.717) is 5.75 Å². The van der Waals surface area contributed by atoms with Crippen LogP contribution < -0.4 is 15.1 Å². The van der Waals surface area contributed by atoms with Crippen LogP contribution in [0.2, 0.25) is 5.04 Å². The first-order valence-corrected chi connectivity index (χ1v) is 15.2. The highest BCUT2D eigenvalue weighted by atomic mass is 28.4. The van der Waals surface area contributed by atoms with E-state index in [1.165, 1.54) is 0 Å². The van der Waals surface area contributed by atoms with Gasteiger partial charge in [-0.1, -0.05) is 112 Å². The van der Waals surface area contributed by atoms with Crippen LogP contribution in [0.15, 0.2) is 103 Å². The third-order valence-electron chi connectivity index (χ3n) is 7.52. The summed E-state index contributed by atoms with van der Waals surface area (Å²) < 4.78 is 19.0. The van der Waals surface area contributed by atoms with Gasteiger partial charge in [0.1, 0.15) is 30.2 Å². The van der Waals surface area contributed by atoms with Gasteiger partial charge in [0, 0.05) is 0 Å². The molecule has 39 heavy (non-hydrogen) atoms. The predicted molar refractivity (Wildman–Crippen MR) is 155 cm³/mol. The van der Waals surface area contributed by atoms with E-state index in [1.807, 2.05) is 72.8 Å². The summed E-state index contributed by atoms with van der Waals surface area (Å²) in [5, 5.41) is 36.4. The maximum absolute atomic E-state index is 10.9. The Morgan fingerprint density at radius 2 is 1.26 bits per heavy atom. The van der Waals surface area contributed by atoms with Gasteiger partial charge in [-0.05, 0) is 38.3 Å². The van der Waals surface area contributed by atoms with Crippen molar-refractivity contribution in [3.63, 3.8) is 0 Å². The fraction of sp³-hybridized carbons (Fsp3) is 0.312. The Balaban J connectivity index is 1.43. The Morgan fingerprint density at radius 3 is 1.85 bits per heavy atom. The second-order valence-electron chi connectivity index (χ2n) is 11.1. The largest absolute Gasteiger partial charge is 0.462 e. The van der Waals surface area contributed by atoms with E-state index in [1.54, 1.807) is 6.07 Å². The minimum Gasteiger partial charge on any atom is -0.462 e. The average Bonchev–Trinajstić information content (AvgIpc) is 2.94. The zero-order valence-corrected chi connectivity index (χ0v) is 23.5. The zero-order valence-electron chi connectivity index (χ0n) is 22.5. The molecule has 4 aromatic rings. The lowest BCUT2D eigenvalue weighted by Gasteiger charge is -2.45. The molecule has 6 nitrogen and oxygen atoms in total. The Hall–Kier alpha value is -3.04. The number of aliphatic hydroxyl groups excluding tert-OH is 3. The molecule has 1 fully saturated rings. The summed E-state index contributed by atoms with van der Waals surface area (Å²) in [5.41, 5.74) is 0. The van der Waals surface area contributed by atoms with Crippen LogP contribution in [-0.2, 0) is 9.16 Å². The number of aliphatic hydroxyl groups is 3. The van der Waals surface area contributed by atoms with Gasteiger partial charge in [0.15, 0.2) is 0 Å². The van der Waals surface area contributed by atoms with Gasteiger partial charge in [-0.15, -0.1) is 0 Å². The molecule has 1 saturated heterocycles. The Morgan fingerprint density at radius 1 is 0.692 bits per heavy atom. The molecule has 1 heterocycles. The first-order valence-electron chi connectivity index (χ1n) is 13.3. The number of hydrogen-bond donors (Lipinski definition) is 3. The third-order valence-corrected chi connectivity index (χ3v) is 12.5. The molecule has 0 aliphatic carbocycles. The molecule has 4 aromatic carbocycles. The Bertz CT molecular complexity index is 1330. The van der Waals surface area contributed by atoms with Crippen LogP contribution in [-0.4, -0.2) is 60.9 Å². The van der Waals surface area contributed by atoms with Crippen LogP contribution in [0.3, 0.4) is 0 Å². The topological polar surface area (TPSA) is 88.4 Å². The van der Waals surface area contributed by atoms with Gasteiger partial charge in [0.05, 0.1) is 6.61 Å². The molecule has 1 aliphatic heterocycles. The van der Waals surface area contributed by atoms with Gasteiger partial charge >= 0.3 is 0 Å². The molecule has 5 atom stereocenters. The van der Waals surface area contributed by atoms with Crippen molar-refractivity contribution in [3.8, 4) is 5.75 Å². The molecule has 1 aliphatic rings. The second kappa shape index (κ2) is 11.2. The van der Waals surface area contributed by atoms with Crippen LogP contribution in [0, 0.1) is 0 Å². The highest BCUT2D eigenvalue weighted by molar-refractivity contribution is 6.99. The summed E-state index contributed by atoms with van der Waals surface area (Å²) in [4.78, 5) is 0. The summed E-state index contributed by atoms with van der Waals surface area (Å²) in [6.45, 7) is 6.51. The molecule has 0 aromatic heterocycles. The first-order chi connectivity index (χ1) is 18.7. The molecule has 3 N–H and O–H groups in total. The number of benzene rings is 4. The lowest BCUT2D eigenvalue weighted by molar-refractivity contribution is -0.276. The normalized spacial score (nSPS) is 24.0. The average molecular weight is 545 g/mol. The van der Waals surface area contributed by atoms with Gasteiger partial charge in [-0.25, -0.2) is 0 Å². The fourth-order valence-electron chi connectivity index (χ4n) is 5.50. The molecular weight excluding hydrogens is 508 g/mol. The summed E-state index contributed by atoms with van der Waals surface area (Å²) >= 11 is 0. The molecule has 7 heteroatoms. The summed E-state index contributed by atoms with van der Waals surface area (Å²) in [7, 11) is -2.90. The van der Waals surface area contributed by atoms with Gasteiger partial charge in [-0.3, -0.25) is 0 Å². The van der Waals surface area contributed by atoms with E-state index in [0.717, 1.165) is 21.1 Å². The van der Waals surface area contributed by atoms with Crippen molar-refractivity contribution < 1.29 is 29.2 Å². The standard InChI is InChI=1S/C32H36O6Si/c1-32(2,3)39(25-14-6-4-7-15-25,26-16-8-5-9-17-26)36-21-27-28(33)29(34)30(35)31(38-27)37-24-19-18-22-12-10-11-13-23(22)20-24/h4-20,27-31,33-35H,21H2,1-3H3. The minimum absolute atomic E-state index is 0.00973. The van der Waals surface area contributed by atoms with Crippen molar-refractivity contribution in [3.05, 3.63) is 103 Å². The smallest absolute Gasteiger partial charge is 0.261 e. The molecule has 0 radical (unpaired) electrons. The minimum atomic E-state index is -2.90. The van der Waals surface area contributed by atoms with Crippen molar-refractivity contribution in [2.75, 3.05) is 6.61 Å². The highest BCUT2D eigenvalue weighted by Crippen LogP contribution is 2.37. The van der Waals surface area contributed by atoms with Crippen LogP contribution in [0.5, 0.6) is 5.75 Å². The van der Waals surface area contributed by atoms with Crippen molar-refractivity contribution >= 4 is 29.5 Å². The molecular formula is C32H36O6Si. The number of rotatable bonds is 7. The monoisotopic (exact) mass is 544 g/mol.